The van der Waals surface area contributed by atoms with Gasteiger partial charge in [0.15, 0.2) is 28.7 Å². The highest BCUT2D eigenvalue weighted by Crippen LogP contribution is 2.57. The largest absolute Gasteiger partial charge is 0.459 e. The number of cyclic esters (lactones) is 1. The van der Waals surface area contributed by atoms with Crippen LogP contribution >= 0.6 is 15.9 Å². The molecule has 53 heavy (non-hydrogen) atoms. The van der Waals surface area contributed by atoms with Crippen LogP contribution < -0.4 is 0 Å². The van der Waals surface area contributed by atoms with Crippen molar-refractivity contribution in [1.82, 2.24) is 4.90 Å². The lowest BCUT2D eigenvalue weighted by Crippen LogP contribution is -2.63. The Hall–Kier alpha value is -0.156. The van der Waals surface area contributed by atoms with E-state index in [9.17, 15) is 4.79 Å². The van der Waals surface area contributed by atoms with Gasteiger partial charge in [0.25, 0.3) is 0 Å². The molecular formula is C41H76BrNO8Si2. The number of fused-ring (bicyclic) bond motifs is 2. The third kappa shape index (κ3) is 8.68. The molecule has 13 atom stereocenters. The molecule has 2 unspecified atom stereocenters. The molecule has 0 radical (unpaired) electrons. The highest BCUT2D eigenvalue weighted by Gasteiger charge is 2.66. The summed E-state index contributed by atoms with van der Waals surface area (Å²) in [7, 11) is -0.455. The van der Waals surface area contributed by atoms with Crippen molar-refractivity contribution >= 4 is 38.5 Å². The minimum Gasteiger partial charge on any atom is -0.459 e. The molecule has 0 amide bonds. The fourth-order valence-electron chi connectivity index (χ4n) is 8.66. The Morgan fingerprint density at radius 2 is 1.47 bits per heavy atom. The van der Waals surface area contributed by atoms with E-state index in [1.165, 1.54) is 0 Å². The molecule has 0 aromatic carbocycles. The summed E-state index contributed by atoms with van der Waals surface area (Å²) in [5.41, 5.74) is -0.718. The van der Waals surface area contributed by atoms with Crippen molar-refractivity contribution in [3.05, 3.63) is 11.6 Å². The number of carbonyl (C=O) groups excluding carboxylic acids is 1. The van der Waals surface area contributed by atoms with E-state index < -0.39 is 64.1 Å². The van der Waals surface area contributed by atoms with Crippen LogP contribution in [0.2, 0.25) is 36.3 Å². The molecule has 12 heteroatoms. The maximum absolute atomic E-state index is 14.5. The first-order valence-corrected chi connectivity index (χ1v) is 27.1. The van der Waals surface area contributed by atoms with Crippen molar-refractivity contribution in [1.29, 1.82) is 0 Å². The third-order valence-corrected chi connectivity index (χ3v) is 23.5. The van der Waals surface area contributed by atoms with Gasteiger partial charge in [-0.1, -0.05) is 78.2 Å². The molecule has 9 nitrogen and oxygen atoms in total. The average molecular weight is 847 g/mol. The number of ether oxygens (including phenoxy) is 5. The minimum absolute atomic E-state index is 0.0145. The first kappa shape index (κ1) is 45.5. The second-order valence-electron chi connectivity index (χ2n) is 20.6. The number of esters is 1. The van der Waals surface area contributed by atoms with Crippen LogP contribution in [0.3, 0.4) is 0 Å². The number of likely N-dealkylation sites (N-methyl/N-ethyl adjacent to an activating group) is 1. The molecule has 3 fully saturated rings. The maximum Gasteiger partial charge on any atom is 0.311 e. The van der Waals surface area contributed by atoms with Crippen molar-refractivity contribution in [2.75, 3.05) is 19.4 Å². The molecule has 0 N–H and O–H groups in total. The lowest BCUT2D eigenvalue weighted by Gasteiger charge is -2.52. The predicted octanol–water partition coefficient (Wildman–Crippen LogP) is 9.45. The van der Waals surface area contributed by atoms with Gasteiger partial charge in [-0.3, -0.25) is 4.79 Å². The highest BCUT2D eigenvalue weighted by atomic mass is 79.9. The van der Waals surface area contributed by atoms with Gasteiger partial charge in [0.05, 0.1) is 29.8 Å². The fourth-order valence-corrected chi connectivity index (χ4v) is 12.0. The second kappa shape index (κ2) is 15.5. The van der Waals surface area contributed by atoms with E-state index >= 15 is 0 Å². The number of hydrogen-bond donors (Lipinski definition) is 0. The monoisotopic (exact) mass is 845 g/mol. The Balaban J connectivity index is 1.94. The molecule has 1 spiro atoms. The Morgan fingerprint density at radius 3 is 1.96 bits per heavy atom. The lowest BCUT2D eigenvalue weighted by atomic mass is 9.78. The van der Waals surface area contributed by atoms with E-state index in [0.29, 0.717) is 18.2 Å². The number of carbonyl (C=O) groups is 1. The smallest absolute Gasteiger partial charge is 0.311 e. The Bertz CT molecular complexity index is 1350. The summed E-state index contributed by atoms with van der Waals surface area (Å²) >= 11 is 3.79. The third-order valence-electron chi connectivity index (χ3n) is 13.9. The number of halogens is 1. The number of alkyl halides is 1. The molecule has 0 aliphatic carbocycles. The first-order valence-electron chi connectivity index (χ1n) is 20.2. The molecular weight excluding hydrogens is 771 g/mol. The van der Waals surface area contributed by atoms with Crippen molar-refractivity contribution in [2.45, 2.75) is 205 Å². The van der Waals surface area contributed by atoms with Gasteiger partial charge in [0.2, 0.25) is 0 Å². The van der Waals surface area contributed by atoms with E-state index in [1.54, 1.807) is 0 Å². The van der Waals surface area contributed by atoms with Crippen LogP contribution in [-0.2, 0) is 37.3 Å². The lowest BCUT2D eigenvalue weighted by molar-refractivity contribution is -0.326. The van der Waals surface area contributed by atoms with Gasteiger partial charge in [-0.2, -0.15) is 0 Å². The summed E-state index contributed by atoms with van der Waals surface area (Å²) in [4.78, 5) is 16.7. The Kier molecular flexibility index (Phi) is 13.4. The van der Waals surface area contributed by atoms with Crippen LogP contribution in [0.15, 0.2) is 11.6 Å². The van der Waals surface area contributed by atoms with Crippen LogP contribution in [0.5, 0.6) is 0 Å². The first-order chi connectivity index (χ1) is 24.0. The summed E-state index contributed by atoms with van der Waals surface area (Å²) in [5, 5.41) is 0.463. The zero-order valence-electron chi connectivity index (χ0n) is 36.8. The van der Waals surface area contributed by atoms with E-state index in [-0.39, 0.29) is 46.1 Å². The average Bonchev–Trinajstić information content (AvgIpc) is 3.46. The van der Waals surface area contributed by atoms with Crippen molar-refractivity contribution in [3.8, 4) is 0 Å². The van der Waals surface area contributed by atoms with Crippen LogP contribution in [0.25, 0.3) is 0 Å². The standard InChI is InChI=1S/C41H76BrNO8Si2/c1-20-31-39(12)23-29(24-42)41(50-39)25(2)22-40(13,51-41)34(27(4)32(28(5)35(44)46-31)48-52(16,17)37(6,7)8)47-36-33(49-53(18,19)38(9,10)11)30(43(14)15)21-26(3)45-36/h23,25-28,30-34,36H,20-22,24H2,1-19H3/t25-,26-,27+,28-,30+,31-,32+,33-,34-,36+,39?,40-,41?/m1/s1. The van der Waals surface area contributed by atoms with Gasteiger partial charge >= 0.3 is 5.97 Å². The summed E-state index contributed by atoms with van der Waals surface area (Å²) in [6.45, 7) is 37.3. The van der Waals surface area contributed by atoms with Crippen LogP contribution in [0, 0.1) is 17.8 Å². The van der Waals surface area contributed by atoms with E-state index in [2.05, 4.69) is 136 Å². The molecule has 4 aliphatic rings. The maximum atomic E-state index is 14.5. The van der Waals surface area contributed by atoms with Gasteiger partial charge in [-0.05, 0) is 109 Å². The summed E-state index contributed by atoms with van der Waals surface area (Å²) in [6.07, 6.45) is 1.55. The van der Waals surface area contributed by atoms with E-state index in [4.69, 9.17) is 32.5 Å². The molecule has 0 aromatic rings. The molecule has 0 aromatic heterocycles. The number of hydrogen-bond acceptors (Lipinski definition) is 9. The molecule has 3 bridgehead atoms. The van der Waals surface area contributed by atoms with Crippen molar-refractivity contribution in [3.63, 3.8) is 0 Å². The quantitative estimate of drug-likeness (QED) is 0.0976. The normalized spacial score (nSPS) is 41.9. The number of nitrogens with zero attached hydrogens (tertiary/aromatic N) is 1. The minimum atomic E-state index is -2.42. The zero-order chi connectivity index (χ0) is 40.5. The zero-order valence-corrected chi connectivity index (χ0v) is 40.4. The van der Waals surface area contributed by atoms with Gasteiger partial charge in [0.1, 0.15) is 17.8 Å². The highest BCUT2D eigenvalue weighted by molar-refractivity contribution is 9.09. The predicted molar refractivity (Wildman–Crippen MR) is 221 cm³/mol. The van der Waals surface area contributed by atoms with Gasteiger partial charge in [-0.25, -0.2) is 0 Å². The SMILES string of the molecule is CC[C@H]1OC(=O)[C@H](C)[C@@H](O[Si](C)(C)C(C)(C)C)[C@H](C)[C@@H](O[C@@H]2O[C@H](C)C[C@H](N(C)C)[C@H]2O[Si](C)(C)C(C)(C)C)[C@@]2(C)C[C@@H](C)C3(OC1(C)C=C3CBr)O2. The van der Waals surface area contributed by atoms with Gasteiger partial charge in [-0.15, -0.1) is 0 Å². The number of rotatable bonds is 9. The molecule has 308 valence electrons. The van der Waals surface area contributed by atoms with E-state index in [0.717, 1.165) is 12.0 Å². The molecule has 4 aliphatic heterocycles. The summed E-state index contributed by atoms with van der Waals surface area (Å²) in [6, 6.07) is 0.0722. The fraction of sp³-hybridized carbons (Fsp3) is 0.927. The Morgan fingerprint density at radius 1 is 0.925 bits per heavy atom. The molecule has 3 saturated heterocycles. The van der Waals surface area contributed by atoms with Crippen LogP contribution in [0.4, 0.5) is 0 Å². The molecule has 4 rings (SSSR count). The Labute approximate surface area is 333 Å². The van der Waals surface area contributed by atoms with Gasteiger partial charge in [0, 0.05) is 23.2 Å². The molecule has 0 saturated carbocycles. The summed E-state index contributed by atoms with van der Waals surface area (Å²) < 4.78 is 50.1. The topological polar surface area (TPSA) is 84.9 Å². The van der Waals surface area contributed by atoms with Crippen molar-refractivity contribution in [2.24, 2.45) is 17.8 Å². The van der Waals surface area contributed by atoms with E-state index in [1.807, 2.05) is 20.8 Å². The second-order valence-corrected chi connectivity index (χ2v) is 30.7. The van der Waals surface area contributed by atoms with Gasteiger partial charge < -0.3 is 37.4 Å². The van der Waals surface area contributed by atoms with Crippen molar-refractivity contribution < 1.29 is 37.3 Å². The molecule has 4 heterocycles. The van der Waals surface area contributed by atoms with Crippen LogP contribution in [-0.4, -0.2) is 107 Å². The summed E-state index contributed by atoms with van der Waals surface area (Å²) in [5.74, 6) is -2.24. The van der Waals surface area contributed by atoms with Crippen LogP contribution in [0.1, 0.15) is 109 Å².